The Bertz CT molecular complexity index is 403. The van der Waals surface area contributed by atoms with E-state index < -0.39 is 18.1 Å². The Morgan fingerprint density at radius 3 is 2.79 bits per heavy atom. The summed E-state index contributed by atoms with van der Waals surface area (Å²) in [5.41, 5.74) is 0. The van der Waals surface area contributed by atoms with Crippen molar-refractivity contribution < 1.29 is 19.4 Å². The maximum Gasteiger partial charge on any atom is 0.307 e. The highest BCUT2D eigenvalue weighted by molar-refractivity contribution is 7.12. The molecule has 0 fully saturated rings. The highest BCUT2D eigenvalue weighted by Gasteiger charge is 2.24. The molecule has 0 radical (unpaired) electrons. The van der Waals surface area contributed by atoms with Crippen molar-refractivity contribution >= 4 is 23.1 Å². The Morgan fingerprint density at radius 1 is 1.53 bits per heavy atom. The minimum absolute atomic E-state index is 0.0305. The molecule has 2 N–H and O–H groups in total. The van der Waals surface area contributed by atoms with Crippen molar-refractivity contribution in [2.45, 2.75) is 32.4 Å². The molecule has 1 aromatic heterocycles. The Morgan fingerprint density at radius 2 is 2.26 bits per heavy atom. The van der Waals surface area contributed by atoms with Crippen LogP contribution in [0.25, 0.3) is 0 Å². The molecule has 0 amide bonds. The average Bonchev–Trinajstić information content (AvgIpc) is 2.87. The van der Waals surface area contributed by atoms with Gasteiger partial charge in [-0.2, -0.15) is 0 Å². The third-order valence-electron chi connectivity index (χ3n) is 2.42. The summed E-state index contributed by atoms with van der Waals surface area (Å²) in [5, 5.41) is 14.0. The molecule has 0 aliphatic heterocycles. The summed E-state index contributed by atoms with van der Waals surface area (Å²) in [4.78, 5) is 24.3. The third kappa shape index (κ3) is 5.50. The molecule has 19 heavy (non-hydrogen) atoms. The van der Waals surface area contributed by atoms with Crippen molar-refractivity contribution in [3.63, 3.8) is 0 Å². The predicted octanol–water partition coefficient (Wildman–Crippen LogP) is 1.22. The van der Waals surface area contributed by atoms with Gasteiger partial charge in [-0.25, -0.2) is 0 Å². The third-order valence-corrected chi connectivity index (χ3v) is 3.30. The van der Waals surface area contributed by atoms with E-state index in [2.05, 4.69) is 5.32 Å². The van der Waals surface area contributed by atoms with Crippen LogP contribution in [0.3, 0.4) is 0 Å². The predicted molar refractivity (Wildman–Crippen MR) is 73.4 cm³/mol. The van der Waals surface area contributed by atoms with Crippen molar-refractivity contribution in [3.05, 3.63) is 22.4 Å². The first-order valence-electron chi connectivity index (χ1n) is 6.19. The summed E-state index contributed by atoms with van der Waals surface area (Å²) in [6.45, 7) is 3.87. The molecule has 0 aromatic carbocycles. The first-order chi connectivity index (χ1) is 9.04. The smallest absolute Gasteiger partial charge is 0.307 e. The SMILES string of the molecule is CCOC(=O)CC(NCC(C)O)C(=O)c1cccs1. The minimum atomic E-state index is -0.660. The molecular formula is C13H19NO4S. The Balaban J connectivity index is 2.68. The molecule has 0 aliphatic rings. The standard InChI is InChI=1S/C13H19NO4S/c1-3-18-12(16)7-10(14-8-9(2)15)13(17)11-5-4-6-19-11/h4-6,9-10,14-15H,3,7-8H2,1-2H3. The second-order valence-electron chi connectivity index (χ2n) is 4.16. The van der Waals surface area contributed by atoms with Gasteiger partial charge in [-0.05, 0) is 25.3 Å². The quantitative estimate of drug-likeness (QED) is 0.555. The maximum absolute atomic E-state index is 12.2. The summed E-state index contributed by atoms with van der Waals surface area (Å²) < 4.78 is 4.86. The molecule has 0 spiro atoms. The topological polar surface area (TPSA) is 75.6 Å². The van der Waals surface area contributed by atoms with Crippen LogP contribution < -0.4 is 5.32 Å². The van der Waals surface area contributed by atoms with Crippen molar-refractivity contribution in [3.8, 4) is 0 Å². The van der Waals surface area contributed by atoms with Gasteiger partial charge in [0.15, 0.2) is 5.78 Å². The molecule has 2 unspecified atom stereocenters. The van der Waals surface area contributed by atoms with E-state index in [0.29, 0.717) is 4.88 Å². The normalized spacial score (nSPS) is 13.8. The second-order valence-corrected chi connectivity index (χ2v) is 5.11. The first kappa shape index (κ1) is 15.8. The molecule has 5 nitrogen and oxygen atoms in total. The lowest BCUT2D eigenvalue weighted by atomic mass is 10.1. The number of ether oxygens (including phenoxy) is 1. The average molecular weight is 285 g/mol. The molecule has 1 aromatic rings. The van der Waals surface area contributed by atoms with E-state index in [-0.39, 0.29) is 25.4 Å². The summed E-state index contributed by atoms with van der Waals surface area (Å²) in [6.07, 6.45) is -0.613. The maximum atomic E-state index is 12.2. The fraction of sp³-hybridized carbons (Fsp3) is 0.538. The zero-order chi connectivity index (χ0) is 14.3. The summed E-state index contributed by atoms with van der Waals surface area (Å²) in [5.74, 6) is -0.570. The first-order valence-corrected chi connectivity index (χ1v) is 7.07. The van der Waals surface area contributed by atoms with Gasteiger partial charge in [-0.1, -0.05) is 6.07 Å². The van der Waals surface area contributed by atoms with Crippen molar-refractivity contribution in [1.82, 2.24) is 5.32 Å². The number of Topliss-reactive ketones (excluding diaryl/α,β-unsaturated/α-hetero) is 1. The van der Waals surface area contributed by atoms with Gasteiger partial charge in [-0.3, -0.25) is 9.59 Å². The van der Waals surface area contributed by atoms with E-state index in [1.165, 1.54) is 11.3 Å². The number of ketones is 1. The van der Waals surface area contributed by atoms with Gasteiger partial charge in [0.25, 0.3) is 0 Å². The Hall–Kier alpha value is -1.24. The number of rotatable bonds is 8. The molecule has 0 aliphatic carbocycles. The molecule has 1 rings (SSSR count). The van der Waals surface area contributed by atoms with E-state index in [0.717, 1.165) is 0 Å². The second kappa shape index (κ2) is 8.04. The lowest BCUT2D eigenvalue weighted by molar-refractivity contribution is -0.143. The van der Waals surface area contributed by atoms with Crippen LogP contribution in [0.4, 0.5) is 0 Å². The molecule has 0 saturated carbocycles. The number of aliphatic hydroxyl groups is 1. The minimum Gasteiger partial charge on any atom is -0.466 e. The van der Waals surface area contributed by atoms with Crippen LogP contribution >= 0.6 is 11.3 Å². The lowest BCUT2D eigenvalue weighted by Gasteiger charge is -2.17. The number of esters is 1. The van der Waals surface area contributed by atoms with E-state index in [9.17, 15) is 14.7 Å². The molecule has 0 bridgehead atoms. The van der Waals surface area contributed by atoms with E-state index in [1.54, 1.807) is 26.0 Å². The molecule has 2 atom stereocenters. The highest BCUT2D eigenvalue weighted by Crippen LogP contribution is 2.13. The number of hydrogen-bond acceptors (Lipinski definition) is 6. The Labute approximate surface area is 116 Å². The van der Waals surface area contributed by atoms with Gasteiger partial charge in [0, 0.05) is 6.54 Å². The van der Waals surface area contributed by atoms with Crippen molar-refractivity contribution in [2.24, 2.45) is 0 Å². The van der Waals surface area contributed by atoms with E-state index in [1.807, 2.05) is 5.38 Å². The van der Waals surface area contributed by atoms with Gasteiger partial charge in [0.2, 0.25) is 0 Å². The van der Waals surface area contributed by atoms with Crippen LogP contribution in [-0.4, -0.2) is 42.2 Å². The Kier molecular flexibility index (Phi) is 6.69. The van der Waals surface area contributed by atoms with Crippen molar-refractivity contribution in [2.75, 3.05) is 13.2 Å². The summed E-state index contributed by atoms with van der Waals surface area (Å²) >= 11 is 1.33. The van der Waals surface area contributed by atoms with Crippen LogP contribution in [0, 0.1) is 0 Å². The zero-order valence-corrected chi connectivity index (χ0v) is 11.9. The molecule has 0 saturated heterocycles. The fourth-order valence-corrected chi connectivity index (χ4v) is 2.27. The van der Waals surface area contributed by atoms with Crippen LogP contribution in [0.15, 0.2) is 17.5 Å². The number of thiophene rings is 1. The highest BCUT2D eigenvalue weighted by atomic mass is 32.1. The molecule has 1 heterocycles. The lowest BCUT2D eigenvalue weighted by Crippen LogP contribution is -2.42. The van der Waals surface area contributed by atoms with Crippen molar-refractivity contribution in [1.29, 1.82) is 0 Å². The van der Waals surface area contributed by atoms with Gasteiger partial charge in [0.1, 0.15) is 0 Å². The zero-order valence-electron chi connectivity index (χ0n) is 11.1. The molecule has 6 heteroatoms. The number of aliphatic hydroxyl groups excluding tert-OH is 1. The van der Waals surface area contributed by atoms with Gasteiger partial charge in [-0.15, -0.1) is 11.3 Å². The number of carbonyl (C=O) groups excluding carboxylic acids is 2. The van der Waals surface area contributed by atoms with E-state index >= 15 is 0 Å². The number of nitrogens with one attached hydrogen (secondary N) is 1. The van der Waals surface area contributed by atoms with Gasteiger partial charge in [0.05, 0.1) is 30.1 Å². The van der Waals surface area contributed by atoms with Crippen LogP contribution in [0.1, 0.15) is 29.9 Å². The van der Waals surface area contributed by atoms with Crippen LogP contribution in [-0.2, 0) is 9.53 Å². The van der Waals surface area contributed by atoms with Gasteiger partial charge >= 0.3 is 5.97 Å². The van der Waals surface area contributed by atoms with Crippen LogP contribution in [0.5, 0.6) is 0 Å². The summed E-state index contributed by atoms with van der Waals surface area (Å²) in [7, 11) is 0. The monoisotopic (exact) mass is 285 g/mol. The molecule has 106 valence electrons. The van der Waals surface area contributed by atoms with Crippen LogP contribution in [0.2, 0.25) is 0 Å². The van der Waals surface area contributed by atoms with E-state index in [4.69, 9.17) is 4.74 Å². The molecular weight excluding hydrogens is 266 g/mol. The fourth-order valence-electron chi connectivity index (χ4n) is 1.55. The number of hydrogen-bond donors (Lipinski definition) is 2. The summed E-state index contributed by atoms with van der Waals surface area (Å²) in [6, 6.07) is 2.84. The van der Waals surface area contributed by atoms with Gasteiger partial charge < -0.3 is 15.2 Å². The largest absolute Gasteiger partial charge is 0.466 e. The number of carbonyl (C=O) groups is 2.